The summed E-state index contributed by atoms with van der Waals surface area (Å²) in [5.74, 6) is 4.28. The fraction of sp³-hybridized carbons (Fsp3) is 0.750. The molecule has 1 heterocycles. The Kier molecular flexibility index (Phi) is 5.21. The molecule has 4 nitrogen and oxygen atoms in total. The van der Waals surface area contributed by atoms with Gasteiger partial charge in [-0.1, -0.05) is 20.8 Å². The van der Waals surface area contributed by atoms with Crippen LogP contribution in [0, 0.1) is 18.8 Å². The van der Waals surface area contributed by atoms with Gasteiger partial charge in [-0.3, -0.25) is 0 Å². The fourth-order valence-corrected chi connectivity index (χ4v) is 3.06. The first-order valence-electron chi connectivity index (χ1n) is 7.94. The zero-order chi connectivity index (χ0) is 14.5. The molecule has 0 radical (unpaired) electrons. The zero-order valence-electron chi connectivity index (χ0n) is 13.2. The van der Waals surface area contributed by atoms with Crippen LogP contribution in [0.2, 0.25) is 0 Å². The van der Waals surface area contributed by atoms with Crippen molar-refractivity contribution < 1.29 is 0 Å². The molecule has 3 atom stereocenters. The zero-order valence-corrected chi connectivity index (χ0v) is 13.2. The summed E-state index contributed by atoms with van der Waals surface area (Å²) in [5.41, 5.74) is 0. The van der Waals surface area contributed by atoms with Gasteiger partial charge < -0.3 is 10.6 Å². The quantitative estimate of drug-likeness (QED) is 0.858. The highest BCUT2D eigenvalue weighted by molar-refractivity contribution is 5.48. The highest BCUT2D eigenvalue weighted by atomic mass is 15.1. The normalized spacial score (nSPS) is 26.3. The average molecular weight is 276 g/mol. The Balaban J connectivity index is 2.03. The Morgan fingerprint density at radius 2 is 1.95 bits per heavy atom. The molecule has 1 aliphatic rings. The van der Waals surface area contributed by atoms with Crippen LogP contribution < -0.4 is 10.6 Å². The Hall–Kier alpha value is -1.32. The second-order valence-corrected chi connectivity index (χ2v) is 6.26. The van der Waals surface area contributed by atoms with E-state index in [2.05, 4.69) is 41.4 Å². The lowest BCUT2D eigenvalue weighted by Crippen LogP contribution is -2.33. The van der Waals surface area contributed by atoms with Crippen molar-refractivity contribution in [2.45, 2.75) is 59.4 Å². The maximum absolute atomic E-state index is 4.53. The predicted molar refractivity (Wildman–Crippen MR) is 85.1 cm³/mol. The molecule has 0 aromatic carbocycles. The summed E-state index contributed by atoms with van der Waals surface area (Å²) >= 11 is 0. The van der Waals surface area contributed by atoms with Gasteiger partial charge in [0.25, 0.3) is 0 Å². The lowest BCUT2D eigenvalue weighted by Gasteiger charge is -2.33. The third kappa shape index (κ3) is 4.09. The summed E-state index contributed by atoms with van der Waals surface area (Å²) in [6.45, 7) is 9.76. The molecule has 2 rings (SSSR count). The first-order chi connectivity index (χ1) is 9.58. The Bertz CT molecular complexity index is 432. The van der Waals surface area contributed by atoms with Crippen LogP contribution >= 0.6 is 0 Å². The summed E-state index contributed by atoms with van der Waals surface area (Å²) in [6, 6.07) is 2.58. The molecule has 0 spiro atoms. The van der Waals surface area contributed by atoms with Gasteiger partial charge in [-0.05, 0) is 44.4 Å². The van der Waals surface area contributed by atoms with Crippen molar-refractivity contribution in [2.24, 2.45) is 11.8 Å². The van der Waals surface area contributed by atoms with Gasteiger partial charge in [-0.25, -0.2) is 9.97 Å². The molecule has 1 fully saturated rings. The Morgan fingerprint density at radius 3 is 2.65 bits per heavy atom. The van der Waals surface area contributed by atoms with Gasteiger partial charge in [0.1, 0.15) is 17.5 Å². The van der Waals surface area contributed by atoms with E-state index in [1.165, 1.54) is 19.3 Å². The number of nitrogens with zero attached hydrogens (tertiary/aromatic N) is 2. The molecule has 3 unspecified atom stereocenters. The van der Waals surface area contributed by atoms with Crippen LogP contribution in [-0.4, -0.2) is 22.6 Å². The van der Waals surface area contributed by atoms with Crippen molar-refractivity contribution in [3.63, 3.8) is 0 Å². The highest BCUT2D eigenvalue weighted by Crippen LogP contribution is 2.30. The summed E-state index contributed by atoms with van der Waals surface area (Å²) in [5, 5.41) is 6.96. The minimum absolute atomic E-state index is 0.541. The van der Waals surface area contributed by atoms with Gasteiger partial charge in [-0.15, -0.1) is 0 Å². The van der Waals surface area contributed by atoms with Gasteiger partial charge >= 0.3 is 0 Å². The first-order valence-corrected chi connectivity index (χ1v) is 7.94. The van der Waals surface area contributed by atoms with E-state index >= 15 is 0 Å². The number of hydrogen-bond donors (Lipinski definition) is 2. The van der Waals surface area contributed by atoms with E-state index in [9.17, 15) is 0 Å². The molecule has 1 saturated carbocycles. The molecule has 2 N–H and O–H groups in total. The maximum atomic E-state index is 4.53. The van der Waals surface area contributed by atoms with Crippen LogP contribution in [0.15, 0.2) is 6.07 Å². The number of rotatable bonds is 5. The number of nitrogens with one attached hydrogen (secondary N) is 2. The fourth-order valence-electron chi connectivity index (χ4n) is 3.06. The Morgan fingerprint density at radius 1 is 1.20 bits per heavy atom. The summed E-state index contributed by atoms with van der Waals surface area (Å²) in [7, 11) is 0. The largest absolute Gasteiger partial charge is 0.370 e. The van der Waals surface area contributed by atoms with Gasteiger partial charge in [-0.2, -0.15) is 0 Å². The van der Waals surface area contributed by atoms with Gasteiger partial charge in [0.15, 0.2) is 0 Å². The minimum Gasteiger partial charge on any atom is -0.370 e. The van der Waals surface area contributed by atoms with Crippen molar-refractivity contribution in [3.05, 3.63) is 11.9 Å². The van der Waals surface area contributed by atoms with Crippen LogP contribution in [0.25, 0.3) is 0 Å². The monoisotopic (exact) mass is 276 g/mol. The van der Waals surface area contributed by atoms with Crippen molar-refractivity contribution in [3.8, 4) is 0 Å². The molecule has 0 bridgehead atoms. The van der Waals surface area contributed by atoms with Gasteiger partial charge in [0, 0.05) is 18.7 Å². The molecule has 20 heavy (non-hydrogen) atoms. The van der Waals surface area contributed by atoms with E-state index in [4.69, 9.17) is 0 Å². The van der Waals surface area contributed by atoms with Crippen molar-refractivity contribution >= 4 is 11.6 Å². The van der Waals surface area contributed by atoms with E-state index in [1.54, 1.807) is 0 Å². The first kappa shape index (κ1) is 15.1. The summed E-state index contributed by atoms with van der Waals surface area (Å²) < 4.78 is 0. The highest BCUT2D eigenvalue weighted by Gasteiger charge is 2.25. The van der Waals surface area contributed by atoms with E-state index < -0.39 is 0 Å². The molecule has 0 aliphatic heterocycles. The summed E-state index contributed by atoms with van der Waals surface area (Å²) in [6.07, 6.45) is 4.96. The van der Waals surface area contributed by atoms with E-state index in [-0.39, 0.29) is 0 Å². The number of hydrogen-bond acceptors (Lipinski definition) is 4. The standard InChI is InChI=1S/C16H28N4/c1-5-8-17-15-10-16(19-13(4)18-15)20-14-7-6-11(2)9-12(14)3/h10-12,14H,5-9H2,1-4H3,(H2,17,18,19,20). The third-order valence-corrected chi connectivity index (χ3v) is 4.16. The Labute approximate surface area is 122 Å². The molecule has 1 aromatic heterocycles. The van der Waals surface area contributed by atoms with Gasteiger partial charge in [0.2, 0.25) is 0 Å². The second kappa shape index (κ2) is 6.91. The number of anilines is 2. The second-order valence-electron chi connectivity index (χ2n) is 6.26. The number of aryl methyl sites for hydroxylation is 1. The molecule has 0 amide bonds. The molecular formula is C16H28N4. The van der Waals surface area contributed by atoms with E-state index in [1.807, 2.05) is 13.0 Å². The molecule has 112 valence electrons. The SMILES string of the molecule is CCCNc1cc(NC2CCC(C)CC2C)nc(C)n1. The molecule has 1 aliphatic carbocycles. The van der Waals surface area contributed by atoms with Crippen LogP contribution in [0.1, 0.15) is 52.3 Å². The van der Waals surface area contributed by atoms with Crippen LogP contribution in [0.5, 0.6) is 0 Å². The predicted octanol–water partition coefficient (Wildman–Crippen LogP) is 3.84. The molecular weight excluding hydrogens is 248 g/mol. The number of aromatic nitrogens is 2. The maximum Gasteiger partial charge on any atom is 0.132 e. The molecule has 1 aromatic rings. The molecule has 4 heteroatoms. The van der Waals surface area contributed by atoms with Crippen molar-refractivity contribution in [1.82, 2.24) is 9.97 Å². The van der Waals surface area contributed by atoms with Crippen LogP contribution in [-0.2, 0) is 0 Å². The van der Waals surface area contributed by atoms with E-state index in [0.29, 0.717) is 12.0 Å². The van der Waals surface area contributed by atoms with Gasteiger partial charge in [0.05, 0.1) is 0 Å². The van der Waals surface area contributed by atoms with Crippen LogP contribution in [0.4, 0.5) is 11.6 Å². The molecule has 0 saturated heterocycles. The average Bonchev–Trinajstić information content (AvgIpc) is 2.39. The van der Waals surface area contributed by atoms with E-state index in [0.717, 1.165) is 36.3 Å². The van der Waals surface area contributed by atoms with Crippen molar-refractivity contribution in [2.75, 3.05) is 17.2 Å². The van der Waals surface area contributed by atoms with Crippen molar-refractivity contribution in [1.29, 1.82) is 0 Å². The third-order valence-electron chi connectivity index (χ3n) is 4.16. The smallest absolute Gasteiger partial charge is 0.132 e. The lowest BCUT2D eigenvalue weighted by atomic mass is 9.80. The van der Waals surface area contributed by atoms with Crippen LogP contribution in [0.3, 0.4) is 0 Å². The topological polar surface area (TPSA) is 49.8 Å². The summed E-state index contributed by atoms with van der Waals surface area (Å²) in [4.78, 5) is 8.96. The minimum atomic E-state index is 0.541. The lowest BCUT2D eigenvalue weighted by molar-refractivity contribution is 0.276.